The first-order valence-electron chi connectivity index (χ1n) is 13.5. The molecule has 0 saturated heterocycles. The number of hydrogen-bond donors (Lipinski definition) is 0. The van der Waals surface area contributed by atoms with Crippen LogP contribution in [-0.4, -0.2) is 12.1 Å². The van der Waals surface area contributed by atoms with Gasteiger partial charge < -0.3 is 4.79 Å². The van der Waals surface area contributed by atoms with Gasteiger partial charge in [0.05, 0.1) is 0 Å². The molecule has 0 aliphatic heterocycles. The summed E-state index contributed by atoms with van der Waals surface area (Å²) in [5, 5.41) is 0. The molecule has 0 heterocycles. The molecule has 2 heteroatoms. The quantitative estimate of drug-likeness (QED) is 0.332. The molecule has 5 aliphatic carbocycles. The van der Waals surface area contributed by atoms with Crippen LogP contribution in [0.25, 0.3) is 0 Å². The minimum Gasteiger partial charge on any atom is -0.303 e. The molecule has 0 bridgehead atoms. The summed E-state index contributed by atoms with van der Waals surface area (Å²) in [6.45, 7) is 18.8. The van der Waals surface area contributed by atoms with Crippen LogP contribution in [0, 0.1) is 56.7 Å². The normalized spacial score (nSPS) is 54.1. The molecular weight excluding hydrogens is 392 g/mol. The van der Waals surface area contributed by atoms with Gasteiger partial charge in [0.2, 0.25) is 0 Å². The van der Waals surface area contributed by atoms with Crippen molar-refractivity contribution in [1.82, 2.24) is 0 Å². The maximum absolute atomic E-state index is 12.9. The largest absolute Gasteiger partial charge is 0.303 e. The summed E-state index contributed by atoms with van der Waals surface area (Å²) >= 11 is 0. The average molecular weight is 439 g/mol. The summed E-state index contributed by atoms with van der Waals surface area (Å²) in [5.41, 5.74) is 1.78. The van der Waals surface area contributed by atoms with Gasteiger partial charge in [-0.15, -0.1) is 0 Å². The lowest BCUT2D eigenvalue weighted by Gasteiger charge is -2.71. The van der Waals surface area contributed by atoms with Gasteiger partial charge >= 0.3 is 0 Å². The smallest absolute Gasteiger partial charge is 0.138 e. The summed E-state index contributed by atoms with van der Waals surface area (Å²) in [7, 11) is 0. The maximum atomic E-state index is 12.9. The van der Waals surface area contributed by atoms with E-state index in [1.807, 2.05) is 0 Å². The van der Waals surface area contributed by atoms with E-state index in [0.29, 0.717) is 23.5 Å². The van der Waals surface area contributed by atoms with Crippen molar-refractivity contribution < 1.29 is 9.59 Å². The van der Waals surface area contributed by atoms with Crippen LogP contribution >= 0.6 is 0 Å². The van der Waals surface area contributed by atoms with Crippen LogP contribution in [0.1, 0.15) is 106 Å². The first-order chi connectivity index (χ1) is 14.9. The van der Waals surface area contributed by atoms with E-state index < -0.39 is 0 Å². The second-order valence-corrected chi connectivity index (χ2v) is 14.2. The van der Waals surface area contributed by atoms with Gasteiger partial charge in [0.15, 0.2) is 0 Å². The van der Waals surface area contributed by atoms with Crippen molar-refractivity contribution in [1.29, 1.82) is 0 Å². The Bertz CT molecular complexity index is 855. The van der Waals surface area contributed by atoms with Crippen molar-refractivity contribution in [2.24, 2.45) is 56.7 Å². The van der Waals surface area contributed by atoms with Crippen molar-refractivity contribution in [2.75, 3.05) is 0 Å². The topological polar surface area (TPSA) is 34.1 Å². The van der Waals surface area contributed by atoms with Gasteiger partial charge in [-0.2, -0.15) is 0 Å². The molecule has 32 heavy (non-hydrogen) atoms. The van der Waals surface area contributed by atoms with Gasteiger partial charge in [-0.1, -0.05) is 46.8 Å². The molecule has 5 rings (SSSR count). The molecule has 4 unspecified atom stereocenters. The number of aldehydes is 1. The molecule has 5 saturated carbocycles. The minimum atomic E-state index is -0.171. The van der Waals surface area contributed by atoms with Crippen LogP contribution in [-0.2, 0) is 9.59 Å². The van der Waals surface area contributed by atoms with E-state index in [4.69, 9.17) is 0 Å². The summed E-state index contributed by atoms with van der Waals surface area (Å²) in [5.74, 6) is 3.42. The van der Waals surface area contributed by atoms with Crippen molar-refractivity contribution >= 4 is 12.1 Å². The van der Waals surface area contributed by atoms with Crippen molar-refractivity contribution in [2.45, 2.75) is 106 Å². The number of carbonyl (C=O) groups excluding carboxylic acids is 2. The Balaban J connectivity index is 1.56. The Morgan fingerprint density at radius 2 is 1.59 bits per heavy atom. The molecule has 0 aromatic rings. The highest BCUT2D eigenvalue weighted by Crippen LogP contribution is 2.77. The third-order valence-electron chi connectivity index (χ3n) is 13.1. The fraction of sp³-hybridized carbons (Fsp3) is 0.867. The SMILES string of the molecule is C=C(C)[C@@H]1CC[C@]2(C=O)CC[C@@]3(C)C4CCC5C(C)(C)C(=O)CC[C@]5(C)C4CC[C@]3(C)C12. The summed E-state index contributed by atoms with van der Waals surface area (Å²) in [4.78, 5) is 25.5. The molecule has 9 atom stereocenters. The lowest BCUT2D eigenvalue weighted by molar-refractivity contribution is -0.223. The molecule has 0 N–H and O–H groups in total. The predicted octanol–water partition coefficient (Wildman–Crippen LogP) is 7.41. The third-order valence-corrected chi connectivity index (χ3v) is 13.1. The molecule has 0 spiro atoms. The number of rotatable bonds is 2. The van der Waals surface area contributed by atoms with Gasteiger partial charge in [0.1, 0.15) is 12.1 Å². The molecule has 2 nitrogen and oxygen atoms in total. The first-order valence-corrected chi connectivity index (χ1v) is 13.5. The van der Waals surface area contributed by atoms with E-state index in [0.717, 1.165) is 43.9 Å². The fourth-order valence-electron chi connectivity index (χ4n) is 11.2. The highest BCUT2D eigenvalue weighted by atomic mass is 16.1. The van der Waals surface area contributed by atoms with Crippen molar-refractivity contribution in [3.05, 3.63) is 12.2 Å². The second kappa shape index (κ2) is 6.82. The van der Waals surface area contributed by atoms with E-state index in [-0.39, 0.29) is 27.1 Å². The zero-order valence-electron chi connectivity index (χ0n) is 21.6. The molecule has 0 amide bonds. The summed E-state index contributed by atoms with van der Waals surface area (Å²) in [6.07, 6.45) is 12.7. The number of Topliss-reactive ketones (excluding diaryl/α,β-unsaturated/α-hetero) is 1. The standard InChI is InChI=1S/C30H46O2/c1-19(2)20-10-15-30(18-31)17-16-28(6)22-8-9-23-26(3,4)24(32)12-13-27(23,5)21(22)11-14-29(28,7)25(20)30/h18,20-23,25H,1,8-17H2,2-7H3/t20-,21?,22?,23?,25?,27+,28-,29+,30+/m0/s1. The highest BCUT2D eigenvalue weighted by Gasteiger charge is 2.71. The molecule has 0 radical (unpaired) electrons. The Morgan fingerprint density at radius 1 is 0.875 bits per heavy atom. The third kappa shape index (κ3) is 2.54. The van der Waals surface area contributed by atoms with E-state index in [1.54, 1.807) is 0 Å². The van der Waals surface area contributed by atoms with Gasteiger partial charge in [-0.3, -0.25) is 4.79 Å². The van der Waals surface area contributed by atoms with Crippen LogP contribution in [0.2, 0.25) is 0 Å². The minimum absolute atomic E-state index is 0.120. The monoisotopic (exact) mass is 438 g/mol. The van der Waals surface area contributed by atoms with E-state index >= 15 is 0 Å². The molecule has 5 aliphatic rings. The van der Waals surface area contributed by atoms with Gasteiger partial charge in [-0.05, 0) is 111 Å². The van der Waals surface area contributed by atoms with Gasteiger partial charge in [0, 0.05) is 17.3 Å². The Morgan fingerprint density at radius 3 is 2.25 bits per heavy atom. The van der Waals surface area contributed by atoms with Crippen molar-refractivity contribution in [3.8, 4) is 0 Å². The number of allylic oxidation sites excluding steroid dienone is 1. The molecule has 5 fully saturated rings. The molecular formula is C30H46O2. The number of hydrogen-bond acceptors (Lipinski definition) is 2. The number of ketones is 1. The van der Waals surface area contributed by atoms with Crippen molar-refractivity contribution in [3.63, 3.8) is 0 Å². The first kappa shape index (κ1) is 22.9. The van der Waals surface area contributed by atoms with Crippen LogP contribution in [0.15, 0.2) is 12.2 Å². The highest BCUT2D eigenvalue weighted by molar-refractivity contribution is 5.85. The lowest BCUT2D eigenvalue weighted by atomic mass is 9.33. The summed E-state index contributed by atoms with van der Waals surface area (Å²) < 4.78 is 0. The van der Waals surface area contributed by atoms with Gasteiger partial charge in [0.25, 0.3) is 0 Å². The Hall–Kier alpha value is -0.920. The summed E-state index contributed by atoms with van der Waals surface area (Å²) in [6, 6.07) is 0. The predicted molar refractivity (Wildman–Crippen MR) is 130 cm³/mol. The van der Waals surface area contributed by atoms with E-state index in [1.165, 1.54) is 44.0 Å². The van der Waals surface area contributed by atoms with Crippen LogP contribution in [0.3, 0.4) is 0 Å². The fourth-order valence-corrected chi connectivity index (χ4v) is 11.2. The second-order valence-electron chi connectivity index (χ2n) is 14.2. The number of carbonyl (C=O) groups is 2. The van der Waals surface area contributed by atoms with E-state index in [9.17, 15) is 9.59 Å². The zero-order chi connectivity index (χ0) is 23.3. The van der Waals surface area contributed by atoms with Crippen LogP contribution < -0.4 is 0 Å². The molecule has 178 valence electrons. The van der Waals surface area contributed by atoms with E-state index in [2.05, 4.69) is 48.1 Å². The Labute approximate surface area is 196 Å². The van der Waals surface area contributed by atoms with Crippen LogP contribution in [0.5, 0.6) is 0 Å². The average Bonchev–Trinajstić information content (AvgIpc) is 3.14. The lowest BCUT2D eigenvalue weighted by Crippen LogP contribution is -2.65. The molecule has 0 aromatic heterocycles. The Kier molecular flexibility index (Phi) is 4.87. The van der Waals surface area contributed by atoms with Gasteiger partial charge in [-0.25, -0.2) is 0 Å². The number of fused-ring (bicyclic) bond motifs is 7. The zero-order valence-corrected chi connectivity index (χ0v) is 21.6. The molecule has 0 aromatic carbocycles. The maximum Gasteiger partial charge on any atom is 0.138 e. The van der Waals surface area contributed by atoms with Crippen LogP contribution in [0.4, 0.5) is 0 Å².